The van der Waals surface area contributed by atoms with Crippen LogP contribution in [0, 0.1) is 20.8 Å². The highest BCUT2D eigenvalue weighted by molar-refractivity contribution is 7.09. The van der Waals surface area contributed by atoms with Crippen molar-refractivity contribution in [2.45, 2.75) is 40.5 Å². The quantitative estimate of drug-likeness (QED) is 0.833. The van der Waals surface area contributed by atoms with Crippen molar-refractivity contribution in [1.29, 1.82) is 0 Å². The average molecular weight is 273 g/mol. The van der Waals surface area contributed by atoms with Gasteiger partial charge in [-0.2, -0.15) is 0 Å². The van der Waals surface area contributed by atoms with Gasteiger partial charge in [-0.15, -0.1) is 11.3 Å². The van der Waals surface area contributed by atoms with Gasteiger partial charge in [0, 0.05) is 23.8 Å². The minimum Gasteiger partial charge on any atom is -0.300 e. The fourth-order valence-corrected chi connectivity index (χ4v) is 3.20. The van der Waals surface area contributed by atoms with Crippen LogP contribution in [0.25, 0.3) is 11.3 Å². The number of rotatable bonds is 4. The van der Waals surface area contributed by atoms with E-state index < -0.39 is 0 Å². The normalized spacial score (nSPS) is 10.7. The Morgan fingerprint density at radius 1 is 1.21 bits per heavy atom. The molecule has 0 spiro atoms. The molecular weight excluding hydrogens is 254 g/mol. The zero-order valence-corrected chi connectivity index (χ0v) is 12.7. The summed E-state index contributed by atoms with van der Waals surface area (Å²) >= 11 is 1.64. The van der Waals surface area contributed by atoms with Crippen LogP contribution in [0.3, 0.4) is 0 Å². The van der Waals surface area contributed by atoms with E-state index >= 15 is 0 Å². The van der Waals surface area contributed by atoms with Gasteiger partial charge in [-0.25, -0.2) is 4.98 Å². The number of hydrogen-bond acceptors (Lipinski definition) is 3. The molecule has 1 aromatic carbocycles. The molecule has 1 heterocycles. The monoisotopic (exact) mass is 273 g/mol. The topological polar surface area (TPSA) is 30.0 Å². The summed E-state index contributed by atoms with van der Waals surface area (Å²) in [5.41, 5.74) is 6.09. The van der Waals surface area contributed by atoms with Gasteiger partial charge in [-0.3, -0.25) is 0 Å². The number of benzene rings is 1. The number of nitrogens with zero attached hydrogens (tertiary/aromatic N) is 1. The van der Waals surface area contributed by atoms with Crippen molar-refractivity contribution in [3.63, 3.8) is 0 Å². The number of carbonyl (C=O) groups excluding carboxylic acids is 1. The second-order valence-corrected chi connectivity index (χ2v) is 6.04. The molecule has 2 rings (SSSR count). The molecule has 0 radical (unpaired) electrons. The van der Waals surface area contributed by atoms with Gasteiger partial charge in [0.2, 0.25) is 0 Å². The molecule has 0 bridgehead atoms. The molecule has 100 valence electrons. The summed E-state index contributed by atoms with van der Waals surface area (Å²) in [4.78, 5) is 15.7. The fourth-order valence-electron chi connectivity index (χ4n) is 2.41. The highest BCUT2D eigenvalue weighted by Crippen LogP contribution is 2.29. The summed E-state index contributed by atoms with van der Waals surface area (Å²) in [5.74, 6) is 0.222. The summed E-state index contributed by atoms with van der Waals surface area (Å²) in [7, 11) is 0. The zero-order valence-electron chi connectivity index (χ0n) is 11.9. The molecular formula is C16H19NOS. The van der Waals surface area contributed by atoms with E-state index in [-0.39, 0.29) is 5.78 Å². The number of ketones is 1. The number of Topliss-reactive ketones (excluding diaryl/α,β-unsaturated/α-hetero) is 1. The average Bonchev–Trinajstić information content (AvgIpc) is 2.73. The molecule has 2 aromatic rings. The van der Waals surface area contributed by atoms with Gasteiger partial charge in [-0.1, -0.05) is 17.7 Å². The molecule has 0 fully saturated rings. The number of aromatic nitrogens is 1. The van der Waals surface area contributed by atoms with E-state index in [0.717, 1.165) is 17.1 Å². The highest BCUT2D eigenvalue weighted by atomic mass is 32.1. The predicted molar refractivity (Wildman–Crippen MR) is 80.8 cm³/mol. The Morgan fingerprint density at radius 3 is 2.42 bits per heavy atom. The lowest BCUT2D eigenvalue weighted by Gasteiger charge is -2.08. The van der Waals surface area contributed by atoms with Crippen LogP contribution < -0.4 is 0 Å². The number of hydrogen-bond donors (Lipinski definition) is 0. The van der Waals surface area contributed by atoms with Gasteiger partial charge >= 0.3 is 0 Å². The first-order valence-electron chi connectivity index (χ1n) is 6.49. The molecule has 0 amide bonds. The van der Waals surface area contributed by atoms with Crippen molar-refractivity contribution in [2.75, 3.05) is 0 Å². The molecule has 1 aromatic heterocycles. The lowest BCUT2D eigenvalue weighted by atomic mass is 9.98. The first kappa shape index (κ1) is 13.9. The SMILES string of the molecule is CC(=O)CCc1nc(-c2c(C)cc(C)cc2C)cs1. The largest absolute Gasteiger partial charge is 0.300 e. The first-order chi connectivity index (χ1) is 8.97. The second kappa shape index (κ2) is 5.66. The minimum atomic E-state index is 0.222. The summed E-state index contributed by atoms with van der Waals surface area (Å²) in [6.45, 7) is 8.00. The molecule has 0 aliphatic rings. The molecule has 19 heavy (non-hydrogen) atoms. The standard InChI is InChI=1S/C16H19NOS/c1-10-7-11(2)16(12(3)8-10)14-9-19-15(17-14)6-5-13(4)18/h7-9H,5-6H2,1-4H3. The van der Waals surface area contributed by atoms with Crippen molar-refractivity contribution in [3.05, 3.63) is 39.2 Å². The Morgan fingerprint density at radius 2 is 1.84 bits per heavy atom. The van der Waals surface area contributed by atoms with E-state index in [9.17, 15) is 4.79 Å². The van der Waals surface area contributed by atoms with E-state index in [4.69, 9.17) is 0 Å². The minimum absolute atomic E-state index is 0.222. The van der Waals surface area contributed by atoms with Gasteiger partial charge in [0.15, 0.2) is 0 Å². The summed E-state index contributed by atoms with van der Waals surface area (Å²) in [5, 5.41) is 3.14. The van der Waals surface area contributed by atoms with Crippen molar-refractivity contribution < 1.29 is 4.79 Å². The highest BCUT2D eigenvalue weighted by Gasteiger charge is 2.11. The van der Waals surface area contributed by atoms with E-state index in [2.05, 4.69) is 43.3 Å². The summed E-state index contributed by atoms with van der Waals surface area (Å²) in [6, 6.07) is 4.38. The molecule has 2 nitrogen and oxygen atoms in total. The van der Waals surface area contributed by atoms with Gasteiger partial charge in [0.25, 0.3) is 0 Å². The van der Waals surface area contributed by atoms with Crippen LogP contribution in [0.2, 0.25) is 0 Å². The predicted octanol–water partition coefficient (Wildman–Crippen LogP) is 4.26. The van der Waals surface area contributed by atoms with Crippen molar-refractivity contribution in [3.8, 4) is 11.3 Å². The molecule has 0 aliphatic heterocycles. The van der Waals surface area contributed by atoms with Crippen molar-refractivity contribution >= 4 is 17.1 Å². The third-order valence-corrected chi connectivity index (χ3v) is 4.08. The van der Waals surface area contributed by atoms with Crippen LogP contribution in [0.5, 0.6) is 0 Å². The van der Waals surface area contributed by atoms with Crippen LogP contribution in [0.4, 0.5) is 0 Å². The molecule has 0 aliphatic carbocycles. The smallest absolute Gasteiger partial charge is 0.130 e. The van der Waals surface area contributed by atoms with Gasteiger partial charge in [0.05, 0.1) is 10.7 Å². The molecule has 0 atom stereocenters. The van der Waals surface area contributed by atoms with E-state index in [1.54, 1.807) is 18.3 Å². The summed E-state index contributed by atoms with van der Waals surface area (Å²) < 4.78 is 0. The molecule has 0 saturated carbocycles. The molecule has 0 unspecified atom stereocenters. The van der Waals surface area contributed by atoms with Crippen LogP contribution in [0.15, 0.2) is 17.5 Å². The lowest BCUT2D eigenvalue weighted by Crippen LogP contribution is -1.94. The van der Waals surface area contributed by atoms with Gasteiger partial charge in [0.1, 0.15) is 5.78 Å². The van der Waals surface area contributed by atoms with Crippen LogP contribution in [-0.2, 0) is 11.2 Å². The number of aryl methyl sites for hydroxylation is 4. The summed E-state index contributed by atoms with van der Waals surface area (Å²) in [6.07, 6.45) is 1.34. The van der Waals surface area contributed by atoms with Crippen LogP contribution >= 0.6 is 11.3 Å². The Labute approximate surface area is 118 Å². The van der Waals surface area contributed by atoms with Crippen LogP contribution in [0.1, 0.15) is 35.0 Å². The molecule has 3 heteroatoms. The van der Waals surface area contributed by atoms with E-state index in [1.165, 1.54) is 22.3 Å². The van der Waals surface area contributed by atoms with Crippen molar-refractivity contribution in [2.24, 2.45) is 0 Å². The third-order valence-electron chi connectivity index (χ3n) is 3.18. The third kappa shape index (κ3) is 3.29. The van der Waals surface area contributed by atoms with E-state index in [0.29, 0.717) is 6.42 Å². The number of carbonyl (C=O) groups is 1. The Kier molecular flexibility index (Phi) is 4.15. The lowest BCUT2D eigenvalue weighted by molar-refractivity contribution is -0.116. The first-order valence-corrected chi connectivity index (χ1v) is 7.37. The van der Waals surface area contributed by atoms with Gasteiger partial charge < -0.3 is 4.79 Å². The maximum absolute atomic E-state index is 11.0. The fraction of sp³-hybridized carbons (Fsp3) is 0.375. The maximum Gasteiger partial charge on any atom is 0.130 e. The zero-order chi connectivity index (χ0) is 14.0. The maximum atomic E-state index is 11.0. The van der Waals surface area contributed by atoms with E-state index in [1.807, 2.05) is 0 Å². The second-order valence-electron chi connectivity index (χ2n) is 5.10. The molecule has 0 saturated heterocycles. The van der Waals surface area contributed by atoms with Gasteiger partial charge in [-0.05, 0) is 38.8 Å². The Bertz CT molecular complexity index is 590. The van der Waals surface area contributed by atoms with Crippen LogP contribution in [-0.4, -0.2) is 10.8 Å². The molecule has 0 N–H and O–H groups in total. The Hall–Kier alpha value is -1.48. The van der Waals surface area contributed by atoms with Crippen molar-refractivity contribution in [1.82, 2.24) is 4.98 Å². The number of thiazole rings is 1. The Balaban J connectivity index is 2.30.